The van der Waals surface area contributed by atoms with E-state index in [4.69, 9.17) is 0 Å². The third-order valence-corrected chi connectivity index (χ3v) is 2.63. The first kappa shape index (κ1) is 6.87. The van der Waals surface area contributed by atoms with Crippen LogP contribution in [0.15, 0.2) is 21.4 Å². The zero-order valence-corrected chi connectivity index (χ0v) is 7.08. The van der Waals surface area contributed by atoms with Crippen molar-refractivity contribution in [2.75, 3.05) is 0 Å². The van der Waals surface area contributed by atoms with Crippen molar-refractivity contribution >= 4 is 34.2 Å². The van der Waals surface area contributed by atoms with E-state index in [9.17, 15) is 4.79 Å². The normalized spacial score (nSPS) is 10.6. The number of nitrogens with one attached hydrogen (secondary N) is 1. The van der Waals surface area contributed by atoms with Gasteiger partial charge < -0.3 is 4.98 Å². The molecule has 0 aliphatic carbocycles. The fraction of sp³-hybridized carbons (Fsp3) is 0. The monoisotopic (exact) mass is 184 g/mol. The number of nitrogens with zero attached hydrogens (tertiary/aromatic N) is 1. The number of hydrogen-bond acceptors (Lipinski definition) is 4. The average Bonchev–Trinajstić information content (AvgIpc) is 2.31. The minimum absolute atomic E-state index is 0.0969. The van der Waals surface area contributed by atoms with Crippen LogP contribution in [0.2, 0.25) is 0 Å². The van der Waals surface area contributed by atoms with Crippen LogP contribution < -0.4 is 5.56 Å². The molecule has 0 aliphatic rings. The van der Waals surface area contributed by atoms with Crippen LogP contribution in [0.3, 0.4) is 0 Å². The predicted molar refractivity (Wildman–Crippen MR) is 47.5 cm³/mol. The van der Waals surface area contributed by atoms with Gasteiger partial charge >= 0.3 is 0 Å². The highest BCUT2D eigenvalue weighted by Gasteiger charge is 2.01. The topological polar surface area (TPSA) is 45.8 Å². The summed E-state index contributed by atoms with van der Waals surface area (Å²) >= 11 is 5.45. The lowest BCUT2D eigenvalue weighted by molar-refractivity contribution is 1.18. The molecule has 0 aromatic carbocycles. The number of fused-ring (bicyclic) bond motifs is 1. The van der Waals surface area contributed by atoms with E-state index in [-0.39, 0.29) is 5.56 Å². The Balaban J connectivity index is 3.02. The van der Waals surface area contributed by atoms with Gasteiger partial charge in [-0.2, -0.15) is 0 Å². The maximum absolute atomic E-state index is 11.1. The highest BCUT2D eigenvalue weighted by Crippen LogP contribution is 2.22. The summed E-state index contributed by atoms with van der Waals surface area (Å²) < 4.78 is 1.45. The molecule has 0 spiro atoms. The highest BCUT2D eigenvalue weighted by atomic mass is 32.2. The van der Waals surface area contributed by atoms with E-state index >= 15 is 0 Å². The lowest BCUT2D eigenvalue weighted by Crippen LogP contribution is -2.02. The van der Waals surface area contributed by atoms with Crippen molar-refractivity contribution in [1.29, 1.82) is 0 Å². The number of aromatic amines is 1. The second-order valence-electron chi connectivity index (χ2n) is 2.03. The summed E-state index contributed by atoms with van der Waals surface area (Å²) in [6.45, 7) is 0. The van der Waals surface area contributed by atoms with Crippen LogP contribution in [0.5, 0.6) is 0 Å². The van der Waals surface area contributed by atoms with Crippen molar-refractivity contribution in [2.45, 2.75) is 4.21 Å². The van der Waals surface area contributed by atoms with Gasteiger partial charge in [0.05, 0.1) is 16.1 Å². The zero-order valence-electron chi connectivity index (χ0n) is 5.37. The summed E-state index contributed by atoms with van der Waals surface area (Å²) in [6, 6.07) is 1.78. The third kappa shape index (κ3) is 1.06. The van der Waals surface area contributed by atoms with E-state index < -0.39 is 0 Å². The molecule has 2 rings (SSSR count). The second kappa shape index (κ2) is 2.35. The van der Waals surface area contributed by atoms with Crippen LogP contribution in [0.25, 0.3) is 10.2 Å². The first-order valence-electron chi connectivity index (χ1n) is 2.93. The van der Waals surface area contributed by atoms with Gasteiger partial charge in [0.2, 0.25) is 0 Å². The molecule has 0 bridgehead atoms. The summed E-state index contributed by atoms with van der Waals surface area (Å²) in [6.07, 6.45) is 1.39. The van der Waals surface area contributed by atoms with E-state index in [0.29, 0.717) is 10.2 Å². The molecular weight excluding hydrogens is 180 g/mol. The Labute approximate surface area is 71.5 Å². The molecule has 0 radical (unpaired) electrons. The zero-order chi connectivity index (χ0) is 7.84. The highest BCUT2D eigenvalue weighted by molar-refractivity contribution is 7.83. The number of thiophene rings is 1. The van der Waals surface area contributed by atoms with Crippen LogP contribution in [0.1, 0.15) is 0 Å². The Kier molecular flexibility index (Phi) is 1.47. The quantitative estimate of drug-likeness (QED) is 0.606. The number of aromatic nitrogens is 2. The van der Waals surface area contributed by atoms with Gasteiger partial charge in [-0.1, -0.05) is 0 Å². The smallest absolute Gasteiger partial charge is 0.268 e. The van der Waals surface area contributed by atoms with Gasteiger partial charge in [-0.3, -0.25) is 4.79 Å². The van der Waals surface area contributed by atoms with Crippen molar-refractivity contribution in [3.8, 4) is 0 Å². The first-order valence-corrected chi connectivity index (χ1v) is 4.20. The summed E-state index contributed by atoms with van der Waals surface area (Å²) in [4.78, 5) is 17.5. The van der Waals surface area contributed by atoms with Crippen molar-refractivity contribution in [1.82, 2.24) is 9.97 Å². The molecule has 0 aliphatic heterocycles. The van der Waals surface area contributed by atoms with E-state index in [2.05, 4.69) is 22.6 Å². The molecule has 5 heteroatoms. The fourth-order valence-corrected chi connectivity index (χ4v) is 2.00. The fourth-order valence-electron chi connectivity index (χ4n) is 0.853. The first-order chi connectivity index (χ1) is 5.27. The lowest BCUT2D eigenvalue weighted by Gasteiger charge is -1.82. The standard InChI is InChI=1S/C6H4N2OS2/c9-6-5-3(7-2-8-6)1-4(10)11-5/h1-2,10H,(H,7,8,9). The third-order valence-electron chi connectivity index (χ3n) is 1.30. The van der Waals surface area contributed by atoms with Gasteiger partial charge in [0.1, 0.15) is 4.70 Å². The molecule has 2 heterocycles. The van der Waals surface area contributed by atoms with E-state index in [1.54, 1.807) is 6.07 Å². The summed E-state index contributed by atoms with van der Waals surface area (Å²) in [5, 5.41) is 0. The van der Waals surface area contributed by atoms with Crippen LogP contribution in [-0.2, 0) is 0 Å². The summed E-state index contributed by atoms with van der Waals surface area (Å²) in [5.74, 6) is 0. The van der Waals surface area contributed by atoms with Crippen LogP contribution in [0, 0.1) is 0 Å². The van der Waals surface area contributed by atoms with Gasteiger partial charge in [0.25, 0.3) is 5.56 Å². The summed E-state index contributed by atoms with van der Waals surface area (Å²) in [5.41, 5.74) is 0.615. The second-order valence-corrected chi connectivity index (χ2v) is 3.87. The molecule has 0 atom stereocenters. The van der Waals surface area contributed by atoms with Crippen LogP contribution >= 0.6 is 24.0 Å². The van der Waals surface area contributed by atoms with Crippen LogP contribution in [-0.4, -0.2) is 9.97 Å². The van der Waals surface area contributed by atoms with Crippen molar-refractivity contribution < 1.29 is 0 Å². The molecule has 2 aromatic rings. The maximum atomic E-state index is 11.1. The maximum Gasteiger partial charge on any atom is 0.268 e. The average molecular weight is 184 g/mol. The molecule has 2 aromatic heterocycles. The lowest BCUT2D eigenvalue weighted by atomic mass is 10.5. The van der Waals surface area contributed by atoms with Crippen molar-refractivity contribution in [3.63, 3.8) is 0 Å². The molecule has 11 heavy (non-hydrogen) atoms. The molecule has 0 unspecified atom stereocenters. The van der Waals surface area contributed by atoms with Gasteiger partial charge in [0, 0.05) is 0 Å². The Hall–Kier alpha value is -0.810. The Bertz CT molecular complexity index is 445. The molecule has 0 fully saturated rings. The van der Waals surface area contributed by atoms with Crippen LogP contribution in [0.4, 0.5) is 0 Å². The summed E-state index contributed by atoms with van der Waals surface area (Å²) in [7, 11) is 0. The largest absolute Gasteiger partial charge is 0.312 e. The molecular formula is C6H4N2OS2. The van der Waals surface area contributed by atoms with Gasteiger partial charge in [-0.25, -0.2) is 4.98 Å². The Morgan fingerprint density at radius 3 is 3.18 bits per heavy atom. The number of thiol groups is 1. The molecule has 56 valence electrons. The Morgan fingerprint density at radius 1 is 1.64 bits per heavy atom. The van der Waals surface area contributed by atoms with Crippen molar-refractivity contribution in [3.05, 3.63) is 22.7 Å². The predicted octanol–water partition coefficient (Wildman–Crippen LogP) is 1.27. The number of rotatable bonds is 0. The number of hydrogen-bond donors (Lipinski definition) is 2. The molecule has 0 saturated heterocycles. The molecule has 0 saturated carbocycles. The molecule has 3 nitrogen and oxygen atoms in total. The molecule has 1 N–H and O–H groups in total. The van der Waals surface area contributed by atoms with Gasteiger partial charge in [0.15, 0.2) is 0 Å². The van der Waals surface area contributed by atoms with E-state index in [0.717, 1.165) is 4.21 Å². The van der Waals surface area contributed by atoms with E-state index in [1.165, 1.54) is 17.7 Å². The minimum atomic E-state index is -0.0969. The molecule has 0 amide bonds. The Morgan fingerprint density at radius 2 is 2.45 bits per heavy atom. The van der Waals surface area contributed by atoms with E-state index in [1.807, 2.05) is 0 Å². The van der Waals surface area contributed by atoms with Gasteiger partial charge in [-0.05, 0) is 6.07 Å². The van der Waals surface area contributed by atoms with Crippen molar-refractivity contribution in [2.24, 2.45) is 0 Å². The number of H-pyrrole nitrogens is 1. The van der Waals surface area contributed by atoms with Gasteiger partial charge in [-0.15, -0.1) is 24.0 Å². The SMILES string of the molecule is O=c1[nH]cnc2cc(S)sc12. The minimum Gasteiger partial charge on any atom is -0.312 e.